The molecule has 0 radical (unpaired) electrons. The van der Waals surface area contributed by atoms with Crippen molar-refractivity contribution in [3.8, 4) is 28.4 Å². The van der Waals surface area contributed by atoms with E-state index < -0.39 is 0 Å². The first kappa shape index (κ1) is 21.1. The predicted molar refractivity (Wildman–Crippen MR) is 121 cm³/mol. The molecule has 0 aliphatic heterocycles. The Balaban J connectivity index is 1.76. The average molecular weight is 431 g/mol. The molecule has 162 valence electrons. The van der Waals surface area contributed by atoms with Crippen molar-refractivity contribution in [3.63, 3.8) is 0 Å². The summed E-state index contributed by atoms with van der Waals surface area (Å²) in [6, 6.07) is 18.8. The van der Waals surface area contributed by atoms with E-state index in [1.165, 1.54) is 19.2 Å². The summed E-state index contributed by atoms with van der Waals surface area (Å²) in [4.78, 5) is 13.3. The van der Waals surface area contributed by atoms with E-state index in [2.05, 4.69) is 10.4 Å². The standard InChI is InChI=1S/C25H22FN3O3/c1-16-5-4-6-17(13-16)24-21(15-29(28-24)19-9-7-18(26)8-10-19)25(30)27-22-12-11-20(31-2)14-23(22)32-3/h4-15H,1-3H3,(H,27,30). The first-order valence-electron chi connectivity index (χ1n) is 9.94. The van der Waals surface area contributed by atoms with Crippen molar-refractivity contribution in [3.05, 3.63) is 89.9 Å². The number of ether oxygens (including phenoxy) is 2. The van der Waals surface area contributed by atoms with Crippen LogP contribution in [-0.4, -0.2) is 29.9 Å². The number of hydrogen-bond acceptors (Lipinski definition) is 4. The summed E-state index contributed by atoms with van der Waals surface area (Å²) in [6.07, 6.45) is 1.64. The van der Waals surface area contributed by atoms with Crippen LogP contribution in [0.5, 0.6) is 11.5 Å². The van der Waals surface area contributed by atoms with Gasteiger partial charge in [-0.15, -0.1) is 0 Å². The molecule has 0 aliphatic carbocycles. The van der Waals surface area contributed by atoms with Gasteiger partial charge in [0.1, 0.15) is 23.0 Å². The molecule has 0 unspecified atom stereocenters. The Kier molecular flexibility index (Phi) is 5.89. The lowest BCUT2D eigenvalue weighted by atomic mass is 10.1. The highest BCUT2D eigenvalue weighted by molar-refractivity contribution is 6.08. The van der Waals surface area contributed by atoms with Crippen molar-refractivity contribution in [1.82, 2.24) is 9.78 Å². The minimum absolute atomic E-state index is 0.343. The second-order valence-electron chi connectivity index (χ2n) is 7.20. The van der Waals surface area contributed by atoms with Gasteiger partial charge in [0.05, 0.1) is 31.2 Å². The molecular weight excluding hydrogens is 409 g/mol. The molecule has 6 nitrogen and oxygen atoms in total. The molecule has 7 heteroatoms. The molecule has 0 atom stereocenters. The number of anilines is 1. The number of aromatic nitrogens is 2. The zero-order valence-corrected chi connectivity index (χ0v) is 17.9. The van der Waals surface area contributed by atoms with Gasteiger partial charge in [-0.25, -0.2) is 9.07 Å². The van der Waals surface area contributed by atoms with Crippen LogP contribution in [0, 0.1) is 12.7 Å². The SMILES string of the molecule is COc1ccc(NC(=O)c2cn(-c3ccc(F)cc3)nc2-c2cccc(C)c2)c(OC)c1. The van der Waals surface area contributed by atoms with Crippen LogP contribution in [0.15, 0.2) is 72.9 Å². The molecule has 3 aromatic carbocycles. The molecule has 0 aliphatic rings. The zero-order chi connectivity index (χ0) is 22.7. The van der Waals surface area contributed by atoms with Gasteiger partial charge in [-0.05, 0) is 49.4 Å². The van der Waals surface area contributed by atoms with Crippen LogP contribution in [0.3, 0.4) is 0 Å². The monoisotopic (exact) mass is 431 g/mol. The molecule has 1 amide bonds. The van der Waals surface area contributed by atoms with E-state index in [0.717, 1.165) is 11.1 Å². The summed E-state index contributed by atoms with van der Waals surface area (Å²) < 4.78 is 25.6. The van der Waals surface area contributed by atoms with E-state index in [1.807, 2.05) is 31.2 Å². The fourth-order valence-corrected chi connectivity index (χ4v) is 3.36. The molecule has 0 saturated carbocycles. The largest absolute Gasteiger partial charge is 0.497 e. The summed E-state index contributed by atoms with van der Waals surface area (Å²) >= 11 is 0. The molecule has 32 heavy (non-hydrogen) atoms. The number of benzene rings is 3. The topological polar surface area (TPSA) is 65.4 Å². The Morgan fingerprint density at radius 1 is 1.00 bits per heavy atom. The Labute approximate surface area is 185 Å². The van der Waals surface area contributed by atoms with E-state index >= 15 is 0 Å². The molecule has 1 aromatic heterocycles. The number of carbonyl (C=O) groups excluding carboxylic acids is 1. The molecule has 0 bridgehead atoms. The number of halogens is 1. The number of carbonyl (C=O) groups is 1. The second kappa shape index (κ2) is 8.93. The van der Waals surface area contributed by atoms with Gasteiger partial charge in [0.2, 0.25) is 0 Å². The third kappa shape index (κ3) is 4.32. The summed E-state index contributed by atoms with van der Waals surface area (Å²) in [5, 5.41) is 7.53. The van der Waals surface area contributed by atoms with E-state index in [0.29, 0.717) is 34.1 Å². The van der Waals surface area contributed by atoms with Gasteiger partial charge in [0, 0.05) is 17.8 Å². The van der Waals surface area contributed by atoms with E-state index in [1.54, 1.807) is 48.3 Å². The van der Waals surface area contributed by atoms with Crippen molar-refractivity contribution in [1.29, 1.82) is 0 Å². The number of hydrogen-bond donors (Lipinski definition) is 1. The van der Waals surface area contributed by atoms with Crippen LogP contribution >= 0.6 is 0 Å². The smallest absolute Gasteiger partial charge is 0.259 e. The van der Waals surface area contributed by atoms with Crippen LogP contribution in [0.25, 0.3) is 16.9 Å². The highest BCUT2D eigenvalue weighted by atomic mass is 19.1. The summed E-state index contributed by atoms with van der Waals surface area (Å²) in [6.45, 7) is 1.97. The third-order valence-corrected chi connectivity index (χ3v) is 5.00. The average Bonchev–Trinajstić information content (AvgIpc) is 3.25. The highest BCUT2D eigenvalue weighted by Crippen LogP contribution is 2.31. The third-order valence-electron chi connectivity index (χ3n) is 5.00. The Morgan fingerprint density at radius 2 is 1.78 bits per heavy atom. The van der Waals surface area contributed by atoms with Crippen molar-refractivity contribution in [2.75, 3.05) is 19.5 Å². The maximum absolute atomic E-state index is 13.4. The van der Waals surface area contributed by atoms with Crippen LogP contribution in [0.4, 0.5) is 10.1 Å². The molecule has 0 fully saturated rings. The van der Waals surface area contributed by atoms with Gasteiger partial charge < -0.3 is 14.8 Å². The summed E-state index contributed by atoms with van der Waals surface area (Å²) in [5.74, 6) is 0.396. The molecule has 1 heterocycles. The Morgan fingerprint density at radius 3 is 2.47 bits per heavy atom. The maximum atomic E-state index is 13.4. The fraction of sp³-hybridized carbons (Fsp3) is 0.120. The van der Waals surface area contributed by atoms with Gasteiger partial charge >= 0.3 is 0 Å². The fourth-order valence-electron chi connectivity index (χ4n) is 3.36. The molecular formula is C25H22FN3O3. The molecule has 1 N–H and O–H groups in total. The van der Waals surface area contributed by atoms with Crippen molar-refractivity contribution < 1.29 is 18.7 Å². The maximum Gasteiger partial charge on any atom is 0.259 e. The lowest BCUT2D eigenvalue weighted by Gasteiger charge is -2.11. The first-order valence-corrected chi connectivity index (χ1v) is 9.94. The minimum atomic E-state index is -0.349. The normalized spacial score (nSPS) is 10.6. The lowest BCUT2D eigenvalue weighted by molar-refractivity contribution is 0.102. The van der Waals surface area contributed by atoms with Crippen LogP contribution in [0.2, 0.25) is 0 Å². The molecule has 4 aromatic rings. The van der Waals surface area contributed by atoms with Gasteiger partial charge in [-0.3, -0.25) is 4.79 Å². The Hall–Kier alpha value is -4.13. The van der Waals surface area contributed by atoms with Crippen molar-refractivity contribution >= 4 is 11.6 Å². The Bertz CT molecular complexity index is 1270. The number of rotatable bonds is 6. The van der Waals surface area contributed by atoms with Gasteiger partial charge in [-0.2, -0.15) is 5.10 Å². The molecule has 4 rings (SSSR count). The van der Waals surface area contributed by atoms with Crippen LogP contribution in [0.1, 0.15) is 15.9 Å². The number of methoxy groups -OCH3 is 2. The lowest BCUT2D eigenvalue weighted by Crippen LogP contribution is -2.13. The van der Waals surface area contributed by atoms with E-state index in [4.69, 9.17) is 9.47 Å². The van der Waals surface area contributed by atoms with Gasteiger partial charge in [0.15, 0.2) is 0 Å². The number of amides is 1. The summed E-state index contributed by atoms with van der Waals surface area (Å²) in [5.41, 5.74) is 3.88. The summed E-state index contributed by atoms with van der Waals surface area (Å²) in [7, 11) is 3.08. The number of nitrogens with one attached hydrogen (secondary N) is 1. The zero-order valence-electron chi connectivity index (χ0n) is 17.9. The van der Waals surface area contributed by atoms with Gasteiger partial charge in [-0.1, -0.05) is 23.8 Å². The number of aryl methyl sites for hydroxylation is 1. The molecule has 0 saturated heterocycles. The van der Waals surface area contributed by atoms with Crippen LogP contribution < -0.4 is 14.8 Å². The quantitative estimate of drug-likeness (QED) is 0.453. The van der Waals surface area contributed by atoms with Crippen molar-refractivity contribution in [2.45, 2.75) is 6.92 Å². The van der Waals surface area contributed by atoms with Crippen LogP contribution in [-0.2, 0) is 0 Å². The van der Waals surface area contributed by atoms with E-state index in [9.17, 15) is 9.18 Å². The number of nitrogens with zero attached hydrogens (tertiary/aromatic N) is 2. The molecule has 0 spiro atoms. The first-order chi connectivity index (χ1) is 15.5. The highest BCUT2D eigenvalue weighted by Gasteiger charge is 2.20. The second-order valence-corrected chi connectivity index (χ2v) is 7.20. The van der Waals surface area contributed by atoms with Crippen molar-refractivity contribution in [2.24, 2.45) is 0 Å². The van der Waals surface area contributed by atoms with E-state index in [-0.39, 0.29) is 11.7 Å². The van der Waals surface area contributed by atoms with Gasteiger partial charge in [0.25, 0.3) is 5.91 Å². The predicted octanol–water partition coefficient (Wildman–Crippen LogP) is 5.26. The minimum Gasteiger partial charge on any atom is -0.497 e.